The summed E-state index contributed by atoms with van der Waals surface area (Å²) >= 11 is 12.2. The van der Waals surface area contributed by atoms with Gasteiger partial charge in [0.25, 0.3) is 0 Å². The van der Waals surface area contributed by atoms with Gasteiger partial charge < -0.3 is 10.2 Å². The fourth-order valence-corrected chi connectivity index (χ4v) is 2.50. The molecule has 0 bridgehead atoms. The minimum absolute atomic E-state index is 0.0113. The van der Waals surface area contributed by atoms with Crippen molar-refractivity contribution < 1.29 is 9.59 Å². The van der Waals surface area contributed by atoms with Crippen LogP contribution in [-0.2, 0) is 9.59 Å². The third-order valence-corrected chi connectivity index (χ3v) is 3.68. The number of halogens is 2. The number of nitrogens with one attached hydrogen (secondary N) is 1. The summed E-state index contributed by atoms with van der Waals surface area (Å²) in [7, 11) is 1.58. The highest BCUT2D eigenvalue weighted by atomic mass is 35.5. The molecule has 2 amide bonds. The lowest BCUT2D eigenvalue weighted by atomic mass is 10.0. The molecule has 1 aromatic carbocycles. The van der Waals surface area contributed by atoms with Crippen molar-refractivity contribution in [3.63, 3.8) is 0 Å². The van der Waals surface area contributed by atoms with E-state index in [9.17, 15) is 9.59 Å². The molecular formula is C14H18Cl2N2O2. The number of carbonyl (C=O) groups excluding carboxylic acids is 2. The summed E-state index contributed by atoms with van der Waals surface area (Å²) in [4.78, 5) is 24.1. The van der Waals surface area contributed by atoms with Crippen molar-refractivity contribution in [2.75, 3.05) is 20.1 Å². The van der Waals surface area contributed by atoms with Gasteiger partial charge in [0.05, 0.1) is 6.54 Å². The third kappa shape index (κ3) is 4.69. The summed E-state index contributed by atoms with van der Waals surface area (Å²) in [6.07, 6.45) is 0. The SMILES string of the molecule is CC(=O)N(C)CC(=O)NC[C@@H](C)c1c(Cl)cccc1Cl. The van der Waals surface area contributed by atoms with Crippen LogP contribution in [0.15, 0.2) is 18.2 Å². The average Bonchev–Trinajstić information content (AvgIpc) is 2.36. The molecule has 0 radical (unpaired) electrons. The summed E-state index contributed by atoms with van der Waals surface area (Å²) in [6, 6.07) is 5.32. The van der Waals surface area contributed by atoms with Gasteiger partial charge in [0.15, 0.2) is 0 Å². The molecule has 1 atom stereocenters. The molecule has 1 aromatic rings. The molecule has 0 unspecified atom stereocenters. The highest BCUT2D eigenvalue weighted by Gasteiger charge is 2.15. The summed E-state index contributed by atoms with van der Waals surface area (Å²) in [5.41, 5.74) is 0.816. The Hall–Kier alpha value is -1.26. The Bertz CT molecular complexity index is 486. The van der Waals surface area contributed by atoms with Crippen molar-refractivity contribution in [1.82, 2.24) is 10.2 Å². The van der Waals surface area contributed by atoms with Gasteiger partial charge in [-0.1, -0.05) is 36.2 Å². The van der Waals surface area contributed by atoms with E-state index >= 15 is 0 Å². The normalized spacial score (nSPS) is 11.8. The van der Waals surface area contributed by atoms with E-state index in [1.54, 1.807) is 25.2 Å². The Balaban J connectivity index is 2.57. The Morgan fingerprint density at radius 3 is 2.35 bits per heavy atom. The van der Waals surface area contributed by atoms with Crippen molar-refractivity contribution in [3.8, 4) is 0 Å². The van der Waals surface area contributed by atoms with E-state index in [0.29, 0.717) is 16.6 Å². The molecule has 0 heterocycles. The minimum atomic E-state index is -0.210. The largest absolute Gasteiger partial charge is 0.354 e. The second-order valence-electron chi connectivity index (χ2n) is 4.72. The minimum Gasteiger partial charge on any atom is -0.354 e. The molecule has 1 rings (SSSR count). The number of benzene rings is 1. The Labute approximate surface area is 129 Å². The van der Waals surface area contributed by atoms with E-state index in [1.165, 1.54) is 11.8 Å². The van der Waals surface area contributed by atoms with Crippen LogP contribution in [0.4, 0.5) is 0 Å². The number of nitrogens with zero attached hydrogens (tertiary/aromatic N) is 1. The van der Waals surface area contributed by atoms with Crippen LogP contribution >= 0.6 is 23.2 Å². The van der Waals surface area contributed by atoms with Crippen LogP contribution in [0.1, 0.15) is 25.3 Å². The number of likely N-dealkylation sites (N-methyl/N-ethyl adjacent to an activating group) is 1. The number of rotatable bonds is 5. The van der Waals surface area contributed by atoms with Gasteiger partial charge in [-0.2, -0.15) is 0 Å². The zero-order valence-electron chi connectivity index (χ0n) is 11.7. The van der Waals surface area contributed by atoms with Gasteiger partial charge in [-0.05, 0) is 17.7 Å². The maximum Gasteiger partial charge on any atom is 0.239 e. The standard InChI is InChI=1S/C14H18Cl2N2O2/c1-9(14-11(15)5-4-6-12(14)16)7-17-13(20)8-18(3)10(2)19/h4-6,9H,7-8H2,1-3H3,(H,17,20)/t9-/m1/s1. The fourth-order valence-electron chi connectivity index (χ4n) is 1.73. The van der Waals surface area contributed by atoms with E-state index < -0.39 is 0 Å². The zero-order valence-corrected chi connectivity index (χ0v) is 13.3. The topological polar surface area (TPSA) is 49.4 Å². The first-order valence-corrected chi connectivity index (χ1v) is 7.00. The van der Waals surface area contributed by atoms with E-state index in [1.807, 2.05) is 6.92 Å². The van der Waals surface area contributed by atoms with Gasteiger partial charge in [0.1, 0.15) is 0 Å². The van der Waals surface area contributed by atoms with E-state index in [4.69, 9.17) is 23.2 Å². The van der Waals surface area contributed by atoms with E-state index in [2.05, 4.69) is 5.32 Å². The number of amides is 2. The van der Waals surface area contributed by atoms with Crippen LogP contribution in [0.3, 0.4) is 0 Å². The van der Waals surface area contributed by atoms with Crippen molar-refractivity contribution in [1.29, 1.82) is 0 Å². The average molecular weight is 317 g/mol. The monoisotopic (exact) mass is 316 g/mol. The van der Waals surface area contributed by atoms with E-state index in [-0.39, 0.29) is 24.3 Å². The van der Waals surface area contributed by atoms with Gasteiger partial charge in [0.2, 0.25) is 11.8 Å². The Kier molecular flexibility index (Phi) is 6.30. The predicted octanol–water partition coefficient (Wildman–Crippen LogP) is 2.69. The number of hydrogen-bond donors (Lipinski definition) is 1. The summed E-state index contributed by atoms with van der Waals surface area (Å²) in [6.45, 7) is 3.80. The van der Waals surface area contributed by atoms with Gasteiger partial charge >= 0.3 is 0 Å². The second-order valence-corrected chi connectivity index (χ2v) is 5.53. The molecule has 0 aliphatic heterocycles. The molecule has 0 spiro atoms. The number of hydrogen-bond acceptors (Lipinski definition) is 2. The molecule has 0 aromatic heterocycles. The maximum atomic E-state index is 11.7. The quantitative estimate of drug-likeness (QED) is 0.908. The molecule has 6 heteroatoms. The first-order chi connectivity index (χ1) is 9.32. The summed E-state index contributed by atoms with van der Waals surface area (Å²) in [5.74, 6) is -0.372. The molecule has 0 saturated heterocycles. The lowest BCUT2D eigenvalue weighted by Gasteiger charge is -2.18. The van der Waals surface area contributed by atoms with Gasteiger partial charge in [-0.15, -0.1) is 0 Å². The molecule has 4 nitrogen and oxygen atoms in total. The van der Waals surface area contributed by atoms with Crippen molar-refractivity contribution in [3.05, 3.63) is 33.8 Å². The molecule has 0 aliphatic carbocycles. The van der Waals surface area contributed by atoms with Crippen LogP contribution in [0.25, 0.3) is 0 Å². The van der Waals surface area contributed by atoms with Crippen LogP contribution in [0.5, 0.6) is 0 Å². The van der Waals surface area contributed by atoms with Crippen molar-refractivity contribution in [2.45, 2.75) is 19.8 Å². The lowest BCUT2D eigenvalue weighted by Crippen LogP contribution is -2.38. The van der Waals surface area contributed by atoms with Gasteiger partial charge in [-0.25, -0.2) is 0 Å². The van der Waals surface area contributed by atoms with Crippen LogP contribution < -0.4 is 5.32 Å². The van der Waals surface area contributed by atoms with Crippen molar-refractivity contribution in [2.24, 2.45) is 0 Å². The van der Waals surface area contributed by atoms with Crippen LogP contribution in [0, 0.1) is 0 Å². The van der Waals surface area contributed by atoms with Crippen LogP contribution in [-0.4, -0.2) is 36.9 Å². The maximum absolute atomic E-state index is 11.7. The van der Waals surface area contributed by atoms with Gasteiger partial charge in [-0.3, -0.25) is 9.59 Å². The van der Waals surface area contributed by atoms with Gasteiger partial charge in [0, 0.05) is 36.5 Å². The Morgan fingerprint density at radius 1 is 1.30 bits per heavy atom. The molecule has 20 heavy (non-hydrogen) atoms. The lowest BCUT2D eigenvalue weighted by molar-refractivity contribution is -0.133. The smallest absolute Gasteiger partial charge is 0.239 e. The second kappa shape index (κ2) is 7.50. The zero-order chi connectivity index (χ0) is 15.3. The Morgan fingerprint density at radius 2 is 1.85 bits per heavy atom. The fraction of sp³-hybridized carbons (Fsp3) is 0.429. The molecular weight excluding hydrogens is 299 g/mol. The molecule has 110 valence electrons. The first-order valence-electron chi connectivity index (χ1n) is 6.25. The highest BCUT2D eigenvalue weighted by molar-refractivity contribution is 6.36. The van der Waals surface area contributed by atoms with Crippen molar-refractivity contribution >= 4 is 35.0 Å². The summed E-state index contributed by atoms with van der Waals surface area (Å²) < 4.78 is 0. The predicted molar refractivity (Wildman–Crippen MR) is 81.2 cm³/mol. The van der Waals surface area contributed by atoms with Crippen LogP contribution in [0.2, 0.25) is 10.0 Å². The van der Waals surface area contributed by atoms with E-state index in [0.717, 1.165) is 5.56 Å². The highest BCUT2D eigenvalue weighted by Crippen LogP contribution is 2.30. The molecule has 1 N–H and O–H groups in total. The summed E-state index contributed by atoms with van der Waals surface area (Å²) in [5, 5.41) is 3.94. The number of carbonyl (C=O) groups is 2. The molecule has 0 saturated carbocycles. The molecule has 0 fully saturated rings. The first kappa shape index (κ1) is 16.8. The molecule has 0 aliphatic rings. The third-order valence-electron chi connectivity index (χ3n) is 3.02.